The molecule has 0 aliphatic carbocycles. The number of benzene rings is 2. The topological polar surface area (TPSA) is 69.4 Å². The lowest BCUT2D eigenvalue weighted by Crippen LogP contribution is -3.04. The second-order valence-electron chi connectivity index (χ2n) is 6.35. The van der Waals surface area contributed by atoms with Crippen molar-refractivity contribution in [1.82, 2.24) is 0 Å². The molecule has 0 unspecified atom stereocenters. The highest BCUT2D eigenvalue weighted by atomic mass is 16.5. The number of ketones is 1. The molecule has 0 spiro atoms. The molecule has 1 heterocycles. The van der Waals surface area contributed by atoms with E-state index in [0.29, 0.717) is 40.5 Å². The number of carbonyl (C=O) groups excluding carboxylic acids is 1. The van der Waals surface area contributed by atoms with E-state index >= 15 is 0 Å². The maximum absolute atomic E-state index is 12.8. The molecule has 3 rings (SSSR count). The maximum atomic E-state index is 12.8. The Bertz CT molecular complexity index is 886. The lowest BCUT2D eigenvalue weighted by molar-refractivity contribution is -0.872. The third-order valence-electron chi connectivity index (χ3n) is 4.17. The largest absolute Gasteiger partial charge is 0.507 e. The van der Waals surface area contributed by atoms with Crippen molar-refractivity contribution in [3.05, 3.63) is 52.8 Å². The lowest BCUT2D eigenvalue weighted by atomic mass is 10.0. The van der Waals surface area contributed by atoms with Crippen molar-refractivity contribution in [2.45, 2.75) is 6.54 Å². The van der Waals surface area contributed by atoms with Gasteiger partial charge >= 0.3 is 0 Å². The Kier molecular flexibility index (Phi) is 4.86. The number of phenols is 1. The van der Waals surface area contributed by atoms with Crippen LogP contribution in [0.4, 0.5) is 0 Å². The van der Waals surface area contributed by atoms with Crippen molar-refractivity contribution < 1.29 is 29.0 Å². The van der Waals surface area contributed by atoms with Crippen LogP contribution in [0.15, 0.2) is 36.1 Å². The van der Waals surface area contributed by atoms with Crippen LogP contribution in [0.5, 0.6) is 23.0 Å². The number of Topliss-reactive ketones (excluding diaryl/α,β-unsaturated/α-hetero) is 1. The predicted octanol–water partition coefficient (Wildman–Crippen LogP) is 1.67. The van der Waals surface area contributed by atoms with E-state index in [1.54, 1.807) is 32.4 Å². The van der Waals surface area contributed by atoms with Gasteiger partial charge in [-0.3, -0.25) is 4.79 Å². The van der Waals surface area contributed by atoms with E-state index in [4.69, 9.17) is 14.2 Å². The highest BCUT2D eigenvalue weighted by molar-refractivity contribution is 6.15. The normalized spacial score (nSPS) is 14.5. The van der Waals surface area contributed by atoms with Crippen LogP contribution in [0.25, 0.3) is 6.08 Å². The summed E-state index contributed by atoms with van der Waals surface area (Å²) in [5.41, 5.74) is 1.75. The van der Waals surface area contributed by atoms with Gasteiger partial charge in [-0.25, -0.2) is 0 Å². The van der Waals surface area contributed by atoms with Gasteiger partial charge < -0.3 is 24.2 Å². The third-order valence-corrected chi connectivity index (χ3v) is 4.17. The van der Waals surface area contributed by atoms with Crippen LogP contribution >= 0.6 is 0 Å². The fourth-order valence-electron chi connectivity index (χ4n) is 2.99. The summed E-state index contributed by atoms with van der Waals surface area (Å²) in [5, 5.41) is 10.2. The van der Waals surface area contributed by atoms with Crippen LogP contribution in [0.1, 0.15) is 21.5 Å². The molecule has 2 aromatic rings. The zero-order valence-corrected chi connectivity index (χ0v) is 15.3. The molecular weight excluding hydrogens is 334 g/mol. The molecule has 1 aliphatic rings. The summed E-state index contributed by atoms with van der Waals surface area (Å²) in [5.74, 6) is 1.60. The van der Waals surface area contributed by atoms with Crippen molar-refractivity contribution in [2.75, 3.05) is 28.3 Å². The molecule has 0 fully saturated rings. The molecule has 0 radical (unpaired) electrons. The van der Waals surface area contributed by atoms with Crippen molar-refractivity contribution >= 4 is 11.9 Å². The quantitative estimate of drug-likeness (QED) is 0.798. The van der Waals surface area contributed by atoms with Gasteiger partial charge in [0.05, 0.1) is 39.4 Å². The minimum Gasteiger partial charge on any atom is -0.507 e. The number of nitrogens with one attached hydrogen (secondary N) is 1. The minimum absolute atomic E-state index is 0.123. The second kappa shape index (κ2) is 7.09. The number of fused-ring (bicyclic) bond motifs is 1. The van der Waals surface area contributed by atoms with Crippen molar-refractivity contribution in [1.29, 1.82) is 0 Å². The Hall–Kier alpha value is -2.99. The number of aromatic hydroxyl groups is 1. The number of methoxy groups -OCH3 is 2. The summed E-state index contributed by atoms with van der Waals surface area (Å²) in [6.45, 7) is 0.540. The smallest absolute Gasteiger partial charge is 0.231 e. The number of rotatable bonds is 5. The van der Waals surface area contributed by atoms with Crippen molar-refractivity contribution in [3.63, 3.8) is 0 Å². The Morgan fingerprint density at radius 3 is 2.58 bits per heavy atom. The number of hydrogen-bond acceptors (Lipinski definition) is 5. The number of quaternary nitrogens is 1. The molecule has 0 amide bonds. The van der Waals surface area contributed by atoms with E-state index in [1.807, 2.05) is 26.2 Å². The van der Waals surface area contributed by atoms with Gasteiger partial charge in [-0.05, 0) is 24.3 Å². The minimum atomic E-state index is -0.222. The Morgan fingerprint density at radius 1 is 1.15 bits per heavy atom. The molecule has 6 heteroatoms. The molecule has 26 heavy (non-hydrogen) atoms. The summed E-state index contributed by atoms with van der Waals surface area (Å²) < 4.78 is 16.5. The fraction of sp³-hybridized carbons (Fsp3) is 0.250. The molecule has 0 saturated carbocycles. The van der Waals surface area contributed by atoms with Gasteiger partial charge in [-0.2, -0.15) is 0 Å². The molecule has 2 aromatic carbocycles. The van der Waals surface area contributed by atoms with Crippen LogP contribution in [0.2, 0.25) is 0 Å². The molecule has 1 aliphatic heterocycles. The van der Waals surface area contributed by atoms with Crippen molar-refractivity contribution in [2.24, 2.45) is 0 Å². The first-order chi connectivity index (χ1) is 12.5. The van der Waals surface area contributed by atoms with E-state index in [1.165, 1.54) is 6.07 Å². The molecule has 0 bridgehead atoms. The molecule has 136 valence electrons. The molecule has 6 nitrogen and oxygen atoms in total. The molecule has 0 atom stereocenters. The lowest BCUT2D eigenvalue weighted by Gasteiger charge is -2.12. The highest BCUT2D eigenvalue weighted by Gasteiger charge is 2.32. The number of allylic oxidation sites excluding steroid dienone is 1. The van der Waals surface area contributed by atoms with Gasteiger partial charge in [0.15, 0.2) is 23.0 Å². The summed E-state index contributed by atoms with van der Waals surface area (Å²) >= 11 is 0. The van der Waals surface area contributed by atoms with E-state index in [0.717, 1.165) is 4.90 Å². The van der Waals surface area contributed by atoms with Crippen LogP contribution < -0.4 is 19.1 Å². The van der Waals surface area contributed by atoms with Gasteiger partial charge in [0.25, 0.3) is 0 Å². The monoisotopic (exact) mass is 356 g/mol. The summed E-state index contributed by atoms with van der Waals surface area (Å²) in [6.07, 6.45) is 1.63. The maximum Gasteiger partial charge on any atom is 0.231 e. The van der Waals surface area contributed by atoms with Gasteiger partial charge in [0.2, 0.25) is 5.78 Å². The Morgan fingerprint density at radius 2 is 1.92 bits per heavy atom. The van der Waals surface area contributed by atoms with E-state index < -0.39 is 0 Å². The first-order valence-electron chi connectivity index (χ1n) is 8.25. The molecule has 0 saturated heterocycles. The van der Waals surface area contributed by atoms with Gasteiger partial charge in [-0.15, -0.1) is 0 Å². The number of phenolic OH excluding ortho intramolecular Hbond substituents is 1. The highest BCUT2D eigenvalue weighted by Crippen LogP contribution is 2.40. The van der Waals surface area contributed by atoms with E-state index in [9.17, 15) is 9.90 Å². The molecule has 2 N–H and O–H groups in total. The number of hydrogen-bond donors (Lipinski definition) is 2. The van der Waals surface area contributed by atoms with E-state index in [2.05, 4.69) is 0 Å². The average molecular weight is 356 g/mol. The number of carbonyl (C=O) groups is 1. The standard InChI is InChI=1S/C20H21NO5/c1-21(2)11-14-15(22)9-8-13-18(23)17(26-20(13)14)10-12-6-5-7-16(24-3)19(12)25-4/h5-10,22H,11H2,1-4H3/p+1/b17-10-. The van der Waals surface area contributed by atoms with Crippen LogP contribution in [0, 0.1) is 0 Å². The van der Waals surface area contributed by atoms with Crippen molar-refractivity contribution in [3.8, 4) is 23.0 Å². The number of ether oxygens (including phenoxy) is 3. The third kappa shape index (κ3) is 3.11. The molecule has 0 aromatic heterocycles. The Balaban J connectivity index is 2.05. The zero-order valence-electron chi connectivity index (χ0n) is 15.3. The first-order valence-corrected chi connectivity index (χ1v) is 8.25. The van der Waals surface area contributed by atoms with Crippen LogP contribution in [-0.4, -0.2) is 39.2 Å². The van der Waals surface area contributed by atoms with E-state index in [-0.39, 0.29) is 17.3 Å². The average Bonchev–Trinajstić information content (AvgIpc) is 2.93. The predicted molar refractivity (Wildman–Crippen MR) is 97.1 cm³/mol. The second-order valence-corrected chi connectivity index (χ2v) is 6.35. The first kappa shape index (κ1) is 17.8. The van der Waals surface area contributed by atoms with Crippen LogP contribution in [-0.2, 0) is 6.54 Å². The number of para-hydroxylation sites is 1. The van der Waals surface area contributed by atoms with Gasteiger partial charge in [0.1, 0.15) is 12.3 Å². The SMILES string of the molecule is COc1cccc(/C=C2\Oc3c(ccc(O)c3C[NH+](C)C)C2=O)c1OC. The summed E-state index contributed by atoms with van der Waals surface area (Å²) in [6, 6.07) is 8.53. The van der Waals surface area contributed by atoms with Gasteiger partial charge in [-0.1, -0.05) is 12.1 Å². The Labute approximate surface area is 152 Å². The van der Waals surface area contributed by atoms with Gasteiger partial charge in [0, 0.05) is 5.56 Å². The molecular formula is C20H22NO5+. The summed E-state index contributed by atoms with van der Waals surface area (Å²) in [7, 11) is 7.03. The van der Waals surface area contributed by atoms with Crippen LogP contribution in [0.3, 0.4) is 0 Å². The summed E-state index contributed by atoms with van der Waals surface area (Å²) in [4.78, 5) is 13.9. The zero-order chi connectivity index (χ0) is 18.8. The fourth-order valence-corrected chi connectivity index (χ4v) is 2.99.